The third-order valence-electron chi connectivity index (χ3n) is 3.42. The maximum absolute atomic E-state index is 11.6. The number of carbonyl (C=O) groups is 2. The van der Waals surface area contributed by atoms with E-state index < -0.39 is 23.4 Å². The number of alkyl carbamates (subject to hydrolysis) is 2. The molecule has 31 heavy (non-hydrogen) atoms. The third kappa shape index (κ3) is 13.9. The SMILES string of the molecule is CC(C)(C)OC(=O)NCCCOc1cc(N)cc(OCCCNC(=O)OC(C)(C)C)c1. The highest BCUT2D eigenvalue weighted by Crippen LogP contribution is 2.24. The van der Waals surface area contributed by atoms with Crippen molar-refractivity contribution in [2.24, 2.45) is 0 Å². The smallest absolute Gasteiger partial charge is 0.407 e. The van der Waals surface area contributed by atoms with Crippen LogP contribution in [0, 0.1) is 0 Å². The van der Waals surface area contributed by atoms with E-state index in [0.717, 1.165) is 0 Å². The van der Waals surface area contributed by atoms with Gasteiger partial charge in [-0.1, -0.05) is 0 Å². The molecule has 4 N–H and O–H groups in total. The largest absolute Gasteiger partial charge is 0.493 e. The van der Waals surface area contributed by atoms with Gasteiger partial charge in [-0.15, -0.1) is 0 Å². The third-order valence-corrected chi connectivity index (χ3v) is 3.42. The summed E-state index contributed by atoms with van der Waals surface area (Å²) in [6.45, 7) is 12.5. The molecule has 0 atom stereocenters. The molecular weight excluding hydrogens is 402 g/mol. The van der Waals surface area contributed by atoms with E-state index in [1.807, 2.05) is 41.5 Å². The Kier molecular flexibility index (Phi) is 10.2. The van der Waals surface area contributed by atoms with Crippen molar-refractivity contribution >= 4 is 17.9 Å². The molecule has 176 valence electrons. The molecular formula is C22H37N3O6. The van der Waals surface area contributed by atoms with Gasteiger partial charge in [-0.3, -0.25) is 0 Å². The standard InChI is InChI=1S/C22H37N3O6/c1-21(2,3)30-19(26)24-9-7-11-28-17-13-16(23)14-18(15-17)29-12-8-10-25-20(27)31-22(4,5)6/h13-15H,7-12,23H2,1-6H3,(H,24,26)(H,25,27). The Labute approximate surface area is 184 Å². The Morgan fingerprint density at radius 1 is 0.774 bits per heavy atom. The number of benzene rings is 1. The minimum absolute atomic E-state index is 0.401. The van der Waals surface area contributed by atoms with E-state index in [0.29, 0.717) is 56.3 Å². The highest BCUT2D eigenvalue weighted by atomic mass is 16.6. The molecule has 0 radical (unpaired) electrons. The van der Waals surface area contributed by atoms with Gasteiger partial charge in [0.15, 0.2) is 0 Å². The van der Waals surface area contributed by atoms with Crippen LogP contribution in [0.25, 0.3) is 0 Å². The number of anilines is 1. The Morgan fingerprint density at radius 2 is 1.16 bits per heavy atom. The summed E-state index contributed by atoms with van der Waals surface area (Å²) in [7, 11) is 0. The molecule has 0 unspecified atom stereocenters. The summed E-state index contributed by atoms with van der Waals surface area (Å²) in [6, 6.07) is 5.16. The summed E-state index contributed by atoms with van der Waals surface area (Å²) in [5.74, 6) is 1.17. The van der Waals surface area contributed by atoms with Crippen LogP contribution in [0.1, 0.15) is 54.4 Å². The van der Waals surface area contributed by atoms with Gasteiger partial charge in [0.1, 0.15) is 22.7 Å². The predicted octanol–water partition coefficient (Wildman–Crippen LogP) is 3.86. The van der Waals surface area contributed by atoms with Gasteiger partial charge >= 0.3 is 12.2 Å². The molecule has 9 nitrogen and oxygen atoms in total. The highest BCUT2D eigenvalue weighted by molar-refractivity contribution is 5.67. The Hall–Kier alpha value is -2.84. The highest BCUT2D eigenvalue weighted by Gasteiger charge is 2.16. The molecule has 0 aliphatic rings. The number of nitrogens with two attached hydrogens (primary N) is 1. The lowest BCUT2D eigenvalue weighted by molar-refractivity contribution is 0.0514. The summed E-state index contributed by atoms with van der Waals surface area (Å²) in [4.78, 5) is 23.2. The summed E-state index contributed by atoms with van der Waals surface area (Å²) >= 11 is 0. The molecule has 0 saturated carbocycles. The molecule has 0 fully saturated rings. The maximum atomic E-state index is 11.6. The number of rotatable bonds is 10. The van der Waals surface area contributed by atoms with Crippen LogP contribution in [0.3, 0.4) is 0 Å². The fraction of sp³-hybridized carbons (Fsp3) is 0.636. The first-order chi connectivity index (χ1) is 14.3. The van der Waals surface area contributed by atoms with Gasteiger partial charge < -0.3 is 35.3 Å². The molecule has 0 bridgehead atoms. The zero-order chi connectivity index (χ0) is 23.5. The van der Waals surface area contributed by atoms with Crippen molar-refractivity contribution in [3.05, 3.63) is 18.2 Å². The van der Waals surface area contributed by atoms with Gasteiger partial charge in [-0.05, 0) is 54.4 Å². The molecule has 0 spiro atoms. The van der Waals surface area contributed by atoms with Crippen LogP contribution in [0.4, 0.5) is 15.3 Å². The predicted molar refractivity (Wildman–Crippen MR) is 120 cm³/mol. The number of carbonyl (C=O) groups excluding carboxylic acids is 2. The van der Waals surface area contributed by atoms with Gasteiger partial charge in [0.25, 0.3) is 0 Å². The molecule has 2 amide bonds. The number of nitrogen functional groups attached to an aromatic ring is 1. The average molecular weight is 440 g/mol. The lowest BCUT2D eigenvalue weighted by atomic mass is 10.2. The second kappa shape index (κ2) is 12.1. The fourth-order valence-corrected chi connectivity index (χ4v) is 2.29. The number of amides is 2. The normalized spacial score (nSPS) is 11.4. The van der Waals surface area contributed by atoms with E-state index in [9.17, 15) is 9.59 Å². The van der Waals surface area contributed by atoms with Gasteiger partial charge in [0.2, 0.25) is 0 Å². The van der Waals surface area contributed by atoms with Crippen LogP contribution in [-0.2, 0) is 9.47 Å². The van der Waals surface area contributed by atoms with Crippen LogP contribution < -0.4 is 25.8 Å². The van der Waals surface area contributed by atoms with Gasteiger partial charge in [-0.2, -0.15) is 0 Å². The van der Waals surface area contributed by atoms with Gasteiger partial charge in [0, 0.05) is 37.0 Å². The summed E-state index contributed by atoms with van der Waals surface area (Å²) in [5.41, 5.74) is 5.38. The van der Waals surface area contributed by atoms with Crippen molar-refractivity contribution in [3.63, 3.8) is 0 Å². The summed E-state index contributed by atoms with van der Waals surface area (Å²) in [5, 5.41) is 5.36. The summed E-state index contributed by atoms with van der Waals surface area (Å²) in [6.07, 6.45) is 0.322. The van der Waals surface area contributed by atoms with Crippen LogP contribution in [-0.4, -0.2) is 49.7 Å². The zero-order valence-corrected chi connectivity index (χ0v) is 19.5. The number of ether oxygens (including phenoxy) is 4. The monoisotopic (exact) mass is 439 g/mol. The van der Waals surface area contributed by atoms with Gasteiger partial charge in [0.05, 0.1) is 13.2 Å². The molecule has 1 aromatic carbocycles. The Balaban J connectivity index is 2.28. The van der Waals surface area contributed by atoms with Crippen LogP contribution in [0.5, 0.6) is 11.5 Å². The maximum Gasteiger partial charge on any atom is 0.407 e. The van der Waals surface area contributed by atoms with E-state index >= 15 is 0 Å². The lowest BCUT2D eigenvalue weighted by Crippen LogP contribution is -2.33. The minimum atomic E-state index is -0.523. The van der Waals surface area contributed by atoms with Crippen LogP contribution >= 0.6 is 0 Å². The Morgan fingerprint density at radius 3 is 1.52 bits per heavy atom. The topological polar surface area (TPSA) is 121 Å². The quantitative estimate of drug-likeness (QED) is 0.374. The molecule has 0 saturated heterocycles. The first-order valence-electron chi connectivity index (χ1n) is 10.4. The number of hydrogen-bond donors (Lipinski definition) is 3. The first kappa shape index (κ1) is 26.2. The van der Waals surface area contributed by atoms with Crippen molar-refractivity contribution in [1.82, 2.24) is 10.6 Å². The van der Waals surface area contributed by atoms with E-state index in [1.54, 1.807) is 18.2 Å². The average Bonchev–Trinajstić information content (AvgIpc) is 2.57. The van der Waals surface area contributed by atoms with Crippen molar-refractivity contribution in [2.75, 3.05) is 32.0 Å². The first-order valence-corrected chi connectivity index (χ1v) is 10.4. The Bertz CT molecular complexity index is 654. The van der Waals surface area contributed by atoms with E-state index in [1.165, 1.54) is 0 Å². The molecule has 0 heterocycles. The van der Waals surface area contributed by atoms with E-state index in [2.05, 4.69) is 10.6 Å². The molecule has 0 aliphatic carbocycles. The zero-order valence-electron chi connectivity index (χ0n) is 19.5. The number of nitrogens with one attached hydrogen (secondary N) is 2. The second-order valence-electron chi connectivity index (χ2n) is 9.00. The van der Waals surface area contributed by atoms with Crippen molar-refractivity contribution in [2.45, 2.75) is 65.6 Å². The van der Waals surface area contributed by atoms with Gasteiger partial charge in [-0.25, -0.2) is 9.59 Å². The number of hydrogen-bond acceptors (Lipinski definition) is 7. The summed E-state index contributed by atoms with van der Waals surface area (Å²) < 4.78 is 21.7. The van der Waals surface area contributed by atoms with Crippen molar-refractivity contribution in [3.8, 4) is 11.5 Å². The van der Waals surface area contributed by atoms with Crippen molar-refractivity contribution < 1.29 is 28.5 Å². The second-order valence-corrected chi connectivity index (χ2v) is 9.00. The molecule has 0 aromatic heterocycles. The van der Waals surface area contributed by atoms with Crippen molar-refractivity contribution in [1.29, 1.82) is 0 Å². The van der Waals surface area contributed by atoms with E-state index in [4.69, 9.17) is 24.7 Å². The molecule has 9 heteroatoms. The lowest BCUT2D eigenvalue weighted by Gasteiger charge is -2.19. The molecule has 1 aromatic rings. The molecule has 1 rings (SSSR count). The molecule has 0 aliphatic heterocycles. The fourth-order valence-electron chi connectivity index (χ4n) is 2.29. The minimum Gasteiger partial charge on any atom is -0.493 e. The van der Waals surface area contributed by atoms with E-state index in [-0.39, 0.29) is 0 Å². The van der Waals surface area contributed by atoms with Crippen LogP contribution in [0.2, 0.25) is 0 Å². The van der Waals surface area contributed by atoms with Crippen LogP contribution in [0.15, 0.2) is 18.2 Å².